The molecule has 2 aromatic rings. The van der Waals surface area contributed by atoms with Gasteiger partial charge in [0.2, 0.25) is 0 Å². The van der Waals surface area contributed by atoms with E-state index in [1.807, 2.05) is 0 Å². The van der Waals surface area contributed by atoms with Crippen molar-refractivity contribution >= 4 is 5.91 Å². The third-order valence-corrected chi connectivity index (χ3v) is 5.12. The number of oxazole rings is 1. The van der Waals surface area contributed by atoms with Crippen LogP contribution in [0.3, 0.4) is 0 Å². The first kappa shape index (κ1) is 16.0. The largest absolute Gasteiger partial charge is 0.497 e. The maximum Gasteiger partial charge on any atom is 0.257 e. The van der Waals surface area contributed by atoms with Crippen LogP contribution in [0.15, 0.2) is 22.6 Å². The maximum absolute atomic E-state index is 12.9. The molecule has 1 amide bonds. The Morgan fingerprint density at radius 2 is 2.12 bits per heavy atom. The molecule has 1 aromatic heterocycles. The average molecular weight is 342 g/mol. The fraction of sp³-hybridized carbons (Fsp3) is 0.474. The standard InChI is InChI=1S/C19H22N2O4/c1-23-13-6-7-14(17(10-13)24-2)19(22)21-9-8-16-15(11-21)20-18(25-16)12-4-3-5-12/h6-7,10,12H,3-5,8-9,11H2,1-2H3. The number of rotatable bonds is 4. The summed E-state index contributed by atoms with van der Waals surface area (Å²) in [6, 6.07) is 5.25. The van der Waals surface area contributed by atoms with E-state index in [1.54, 1.807) is 37.3 Å². The lowest BCUT2D eigenvalue weighted by Crippen LogP contribution is -2.36. The molecule has 4 rings (SSSR count). The molecule has 0 radical (unpaired) electrons. The third-order valence-electron chi connectivity index (χ3n) is 5.12. The van der Waals surface area contributed by atoms with Gasteiger partial charge < -0.3 is 18.8 Å². The zero-order chi connectivity index (χ0) is 17.4. The fourth-order valence-corrected chi connectivity index (χ4v) is 3.37. The zero-order valence-electron chi connectivity index (χ0n) is 14.6. The van der Waals surface area contributed by atoms with Crippen molar-refractivity contribution in [2.75, 3.05) is 20.8 Å². The van der Waals surface area contributed by atoms with Crippen LogP contribution in [0.25, 0.3) is 0 Å². The molecule has 1 aliphatic carbocycles. The lowest BCUT2D eigenvalue weighted by molar-refractivity contribution is 0.0724. The third kappa shape index (κ3) is 2.86. The van der Waals surface area contributed by atoms with Gasteiger partial charge in [-0.05, 0) is 25.0 Å². The predicted octanol–water partition coefficient (Wildman–Crippen LogP) is 3.16. The number of ether oxygens (including phenoxy) is 2. The van der Waals surface area contributed by atoms with Crippen molar-refractivity contribution in [1.82, 2.24) is 9.88 Å². The summed E-state index contributed by atoms with van der Waals surface area (Å²) in [6.07, 6.45) is 4.27. The van der Waals surface area contributed by atoms with E-state index in [0.717, 1.165) is 30.2 Å². The van der Waals surface area contributed by atoms with E-state index in [1.165, 1.54) is 6.42 Å². The van der Waals surface area contributed by atoms with Crippen LogP contribution < -0.4 is 9.47 Å². The topological polar surface area (TPSA) is 64.8 Å². The number of fused-ring (bicyclic) bond motifs is 1. The molecular weight excluding hydrogens is 320 g/mol. The Morgan fingerprint density at radius 3 is 2.80 bits per heavy atom. The summed E-state index contributed by atoms with van der Waals surface area (Å²) >= 11 is 0. The Morgan fingerprint density at radius 1 is 1.28 bits per heavy atom. The van der Waals surface area contributed by atoms with Crippen LogP contribution in [0, 0.1) is 0 Å². The number of hydrogen-bond acceptors (Lipinski definition) is 5. The first-order chi connectivity index (χ1) is 12.2. The number of amides is 1. The average Bonchev–Trinajstić information content (AvgIpc) is 3.01. The lowest BCUT2D eigenvalue weighted by Gasteiger charge is -2.26. The summed E-state index contributed by atoms with van der Waals surface area (Å²) in [5.74, 6) is 3.39. The van der Waals surface area contributed by atoms with Gasteiger partial charge in [-0.1, -0.05) is 6.42 Å². The van der Waals surface area contributed by atoms with Crippen LogP contribution in [0.1, 0.15) is 52.9 Å². The second kappa shape index (κ2) is 6.43. The van der Waals surface area contributed by atoms with Gasteiger partial charge in [-0.2, -0.15) is 0 Å². The molecule has 0 atom stereocenters. The summed E-state index contributed by atoms with van der Waals surface area (Å²) in [4.78, 5) is 19.4. The van der Waals surface area contributed by atoms with E-state index >= 15 is 0 Å². The van der Waals surface area contributed by atoms with E-state index in [9.17, 15) is 4.79 Å². The first-order valence-corrected chi connectivity index (χ1v) is 8.69. The van der Waals surface area contributed by atoms with E-state index in [0.29, 0.717) is 42.5 Å². The molecule has 0 saturated heterocycles. The molecular formula is C19H22N2O4. The van der Waals surface area contributed by atoms with Crippen molar-refractivity contribution in [1.29, 1.82) is 0 Å². The number of benzene rings is 1. The van der Waals surface area contributed by atoms with Crippen molar-refractivity contribution in [3.63, 3.8) is 0 Å². The minimum atomic E-state index is -0.0571. The number of hydrogen-bond donors (Lipinski definition) is 0. The van der Waals surface area contributed by atoms with Crippen molar-refractivity contribution in [2.45, 2.75) is 38.1 Å². The molecule has 1 aromatic carbocycles. The summed E-state index contributed by atoms with van der Waals surface area (Å²) in [5, 5.41) is 0. The predicted molar refractivity (Wildman–Crippen MR) is 91.1 cm³/mol. The summed E-state index contributed by atoms with van der Waals surface area (Å²) < 4.78 is 16.5. The second-order valence-corrected chi connectivity index (χ2v) is 6.59. The van der Waals surface area contributed by atoms with Crippen LogP contribution in [0.5, 0.6) is 11.5 Å². The highest BCUT2D eigenvalue weighted by molar-refractivity contribution is 5.97. The molecule has 0 spiro atoms. The van der Waals surface area contributed by atoms with Gasteiger partial charge in [0.05, 0.1) is 26.3 Å². The SMILES string of the molecule is COc1ccc(C(=O)N2CCc3oc(C4CCC4)nc3C2)c(OC)c1. The number of aromatic nitrogens is 1. The van der Waals surface area contributed by atoms with Gasteiger partial charge in [-0.3, -0.25) is 4.79 Å². The number of carbonyl (C=O) groups excluding carboxylic acids is 1. The van der Waals surface area contributed by atoms with Gasteiger partial charge in [0.25, 0.3) is 5.91 Å². The van der Waals surface area contributed by atoms with E-state index in [2.05, 4.69) is 4.98 Å². The molecule has 1 saturated carbocycles. The van der Waals surface area contributed by atoms with Gasteiger partial charge >= 0.3 is 0 Å². The number of carbonyl (C=O) groups is 1. The van der Waals surface area contributed by atoms with Crippen molar-refractivity contribution in [3.05, 3.63) is 41.1 Å². The van der Waals surface area contributed by atoms with Crippen LogP contribution in [-0.4, -0.2) is 36.6 Å². The molecule has 2 aliphatic rings. The smallest absolute Gasteiger partial charge is 0.257 e. The van der Waals surface area contributed by atoms with Crippen molar-refractivity contribution in [3.8, 4) is 11.5 Å². The minimum Gasteiger partial charge on any atom is -0.497 e. The molecule has 6 heteroatoms. The highest BCUT2D eigenvalue weighted by atomic mass is 16.5. The quantitative estimate of drug-likeness (QED) is 0.854. The van der Waals surface area contributed by atoms with E-state index < -0.39 is 0 Å². The minimum absolute atomic E-state index is 0.0571. The summed E-state index contributed by atoms with van der Waals surface area (Å²) in [5.41, 5.74) is 1.43. The molecule has 0 bridgehead atoms. The van der Waals surface area contributed by atoms with Crippen molar-refractivity contribution in [2.24, 2.45) is 0 Å². The summed E-state index contributed by atoms with van der Waals surface area (Å²) in [7, 11) is 3.15. The Balaban J connectivity index is 1.55. The highest BCUT2D eigenvalue weighted by Gasteiger charge is 2.31. The molecule has 6 nitrogen and oxygen atoms in total. The van der Waals surface area contributed by atoms with Crippen LogP contribution >= 0.6 is 0 Å². The highest BCUT2D eigenvalue weighted by Crippen LogP contribution is 2.37. The van der Waals surface area contributed by atoms with E-state index in [4.69, 9.17) is 13.9 Å². The molecule has 132 valence electrons. The van der Waals surface area contributed by atoms with Gasteiger partial charge in [0, 0.05) is 24.9 Å². The van der Waals surface area contributed by atoms with Crippen LogP contribution in [0.2, 0.25) is 0 Å². The van der Waals surface area contributed by atoms with Gasteiger partial charge in [-0.15, -0.1) is 0 Å². The maximum atomic E-state index is 12.9. The fourth-order valence-electron chi connectivity index (χ4n) is 3.37. The summed E-state index contributed by atoms with van der Waals surface area (Å²) in [6.45, 7) is 1.11. The Bertz CT molecular complexity index is 795. The normalized spacial score (nSPS) is 17.0. The molecule has 0 unspecified atom stereocenters. The van der Waals surface area contributed by atoms with Crippen LogP contribution in [0.4, 0.5) is 0 Å². The lowest BCUT2D eigenvalue weighted by atomic mass is 9.85. The van der Waals surface area contributed by atoms with Gasteiger partial charge in [-0.25, -0.2) is 4.98 Å². The molecule has 25 heavy (non-hydrogen) atoms. The number of nitrogens with zero attached hydrogens (tertiary/aromatic N) is 2. The van der Waals surface area contributed by atoms with E-state index in [-0.39, 0.29) is 5.91 Å². The monoisotopic (exact) mass is 342 g/mol. The molecule has 2 heterocycles. The van der Waals surface area contributed by atoms with Crippen LogP contribution in [-0.2, 0) is 13.0 Å². The Labute approximate surface area is 146 Å². The van der Waals surface area contributed by atoms with Gasteiger partial charge in [0.1, 0.15) is 23.0 Å². The van der Waals surface area contributed by atoms with Crippen molar-refractivity contribution < 1.29 is 18.7 Å². The van der Waals surface area contributed by atoms with Gasteiger partial charge in [0.15, 0.2) is 5.89 Å². The second-order valence-electron chi connectivity index (χ2n) is 6.59. The Kier molecular flexibility index (Phi) is 4.11. The first-order valence-electron chi connectivity index (χ1n) is 8.69. The Hall–Kier alpha value is -2.50. The molecule has 1 aliphatic heterocycles. The zero-order valence-corrected chi connectivity index (χ0v) is 14.6. The molecule has 1 fully saturated rings. The number of methoxy groups -OCH3 is 2. The molecule has 0 N–H and O–H groups in total.